The summed E-state index contributed by atoms with van der Waals surface area (Å²) in [5.41, 5.74) is 0.758. The molecule has 0 saturated carbocycles. The third-order valence-corrected chi connectivity index (χ3v) is 4.36. The van der Waals surface area contributed by atoms with Gasteiger partial charge in [-0.3, -0.25) is 9.59 Å². The Morgan fingerprint density at radius 2 is 2.26 bits per heavy atom. The smallest absolute Gasteiger partial charge is 0.268 e. The van der Waals surface area contributed by atoms with Crippen LogP contribution < -0.4 is 15.8 Å². The van der Waals surface area contributed by atoms with E-state index in [1.807, 2.05) is 0 Å². The Morgan fingerprint density at radius 3 is 2.96 bits per heavy atom. The van der Waals surface area contributed by atoms with Gasteiger partial charge in [-0.25, -0.2) is 4.68 Å². The summed E-state index contributed by atoms with van der Waals surface area (Å²) in [4.78, 5) is 25.9. The van der Waals surface area contributed by atoms with E-state index in [0.717, 1.165) is 44.6 Å². The van der Waals surface area contributed by atoms with E-state index in [1.165, 1.54) is 4.68 Å². The van der Waals surface area contributed by atoms with Crippen LogP contribution in [0.1, 0.15) is 39.5 Å². The van der Waals surface area contributed by atoms with Crippen molar-refractivity contribution < 1.29 is 4.79 Å². The average Bonchev–Trinajstić information content (AvgIpc) is 2.50. The van der Waals surface area contributed by atoms with Gasteiger partial charge in [-0.1, -0.05) is 13.8 Å². The van der Waals surface area contributed by atoms with Gasteiger partial charge in [0.1, 0.15) is 0 Å². The molecule has 2 heterocycles. The van der Waals surface area contributed by atoms with Gasteiger partial charge in [0.2, 0.25) is 5.91 Å². The van der Waals surface area contributed by atoms with E-state index < -0.39 is 0 Å². The first kappa shape index (κ1) is 17.5. The van der Waals surface area contributed by atoms with E-state index in [2.05, 4.69) is 29.2 Å². The number of hydrogen-bond acceptors (Lipinski definition) is 4. The molecular weight excluding hydrogens is 292 g/mol. The van der Waals surface area contributed by atoms with Crippen molar-refractivity contribution >= 4 is 11.6 Å². The molecule has 6 nitrogen and oxygen atoms in total. The minimum absolute atomic E-state index is 0.101. The van der Waals surface area contributed by atoms with Crippen LogP contribution in [0, 0.1) is 11.8 Å². The van der Waals surface area contributed by atoms with Crippen molar-refractivity contribution in [2.75, 3.05) is 24.5 Å². The Hall–Kier alpha value is -1.85. The lowest BCUT2D eigenvalue weighted by atomic mass is 9.94. The number of piperidine rings is 1. The number of anilines is 1. The molecule has 6 heteroatoms. The number of aryl methyl sites for hydroxylation is 1. The largest absolute Gasteiger partial charge is 0.370 e. The standard InChI is InChI=1S/C17H28N4O2/c1-13(2)6-7-18-16(22)9-14-5-4-8-21(12-14)15-10-17(23)20(3)19-11-15/h10-11,13-14H,4-9,12H2,1-3H3,(H,18,22). The van der Waals surface area contributed by atoms with Crippen LogP contribution in [0.15, 0.2) is 17.1 Å². The van der Waals surface area contributed by atoms with Gasteiger partial charge in [-0.15, -0.1) is 0 Å². The van der Waals surface area contributed by atoms with E-state index in [0.29, 0.717) is 18.3 Å². The number of aromatic nitrogens is 2. The molecule has 23 heavy (non-hydrogen) atoms. The van der Waals surface area contributed by atoms with Gasteiger partial charge in [0.05, 0.1) is 11.9 Å². The zero-order valence-electron chi connectivity index (χ0n) is 14.4. The van der Waals surface area contributed by atoms with Crippen molar-refractivity contribution in [3.8, 4) is 0 Å². The van der Waals surface area contributed by atoms with Crippen LogP contribution in [0.3, 0.4) is 0 Å². The molecule has 1 atom stereocenters. The maximum Gasteiger partial charge on any atom is 0.268 e. The van der Waals surface area contributed by atoms with E-state index in [1.54, 1.807) is 19.3 Å². The van der Waals surface area contributed by atoms with Gasteiger partial charge in [0.25, 0.3) is 5.56 Å². The van der Waals surface area contributed by atoms with Crippen LogP contribution in [0.5, 0.6) is 0 Å². The summed E-state index contributed by atoms with van der Waals surface area (Å²) in [5.74, 6) is 1.08. The quantitative estimate of drug-likeness (QED) is 0.863. The number of hydrogen-bond donors (Lipinski definition) is 1. The summed E-state index contributed by atoms with van der Waals surface area (Å²) < 4.78 is 1.33. The van der Waals surface area contributed by atoms with Gasteiger partial charge in [0.15, 0.2) is 0 Å². The monoisotopic (exact) mass is 320 g/mol. The Labute approximate surface area is 137 Å². The van der Waals surface area contributed by atoms with E-state index >= 15 is 0 Å². The second kappa shape index (κ2) is 8.13. The van der Waals surface area contributed by atoms with Crippen LogP contribution in [0.25, 0.3) is 0 Å². The molecule has 1 unspecified atom stereocenters. The van der Waals surface area contributed by atoms with Crippen molar-refractivity contribution in [2.24, 2.45) is 18.9 Å². The Kier molecular flexibility index (Phi) is 6.19. The predicted molar refractivity (Wildman–Crippen MR) is 91.5 cm³/mol. The molecule has 0 aliphatic carbocycles. The number of carbonyl (C=O) groups excluding carboxylic acids is 1. The molecule has 1 saturated heterocycles. The Balaban J connectivity index is 1.86. The van der Waals surface area contributed by atoms with E-state index in [9.17, 15) is 9.59 Å². The number of nitrogens with zero attached hydrogens (tertiary/aromatic N) is 3. The lowest BCUT2D eigenvalue weighted by Crippen LogP contribution is -2.39. The maximum atomic E-state index is 12.0. The highest BCUT2D eigenvalue weighted by Gasteiger charge is 2.23. The predicted octanol–water partition coefficient (Wildman–Crippen LogP) is 1.55. The van der Waals surface area contributed by atoms with Gasteiger partial charge in [-0.05, 0) is 31.1 Å². The molecule has 128 valence electrons. The molecule has 0 aromatic carbocycles. The van der Waals surface area contributed by atoms with Crippen LogP contribution >= 0.6 is 0 Å². The summed E-state index contributed by atoms with van der Waals surface area (Å²) in [5, 5.41) is 7.09. The van der Waals surface area contributed by atoms with Crippen molar-refractivity contribution in [3.05, 3.63) is 22.6 Å². The lowest BCUT2D eigenvalue weighted by molar-refractivity contribution is -0.122. The normalized spacial score (nSPS) is 18.3. The highest BCUT2D eigenvalue weighted by atomic mass is 16.1. The molecular formula is C17H28N4O2. The van der Waals surface area contributed by atoms with Crippen LogP contribution in [-0.2, 0) is 11.8 Å². The number of carbonyl (C=O) groups is 1. The molecule has 1 aromatic rings. The third-order valence-electron chi connectivity index (χ3n) is 4.36. The molecule has 2 rings (SSSR count). The topological polar surface area (TPSA) is 67.2 Å². The number of nitrogens with one attached hydrogen (secondary N) is 1. The first-order valence-corrected chi connectivity index (χ1v) is 8.50. The summed E-state index contributed by atoms with van der Waals surface area (Å²) in [6.07, 6.45) is 5.41. The molecule has 1 aliphatic rings. The fraction of sp³-hybridized carbons (Fsp3) is 0.706. The molecule has 0 spiro atoms. The molecule has 1 fully saturated rings. The van der Waals surface area contributed by atoms with Crippen LogP contribution in [0.4, 0.5) is 5.69 Å². The van der Waals surface area contributed by atoms with Gasteiger partial charge in [0, 0.05) is 39.2 Å². The van der Waals surface area contributed by atoms with Crippen LogP contribution in [0.2, 0.25) is 0 Å². The summed E-state index contributed by atoms with van der Waals surface area (Å²) in [6.45, 7) is 6.80. The average molecular weight is 320 g/mol. The van der Waals surface area contributed by atoms with Crippen molar-refractivity contribution in [2.45, 2.75) is 39.5 Å². The molecule has 0 radical (unpaired) electrons. The van der Waals surface area contributed by atoms with E-state index in [4.69, 9.17) is 0 Å². The summed E-state index contributed by atoms with van der Waals surface area (Å²) in [7, 11) is 1.65. The zero-order chi connectivity index (χ0) is 16.8. The van der Waals surface area contributed by atoms with Crippen molar-refractivity contribution in [1.29, 1.82) is 0 Å². The minimum atomic E-state index is -0.101. The SMILES string of the molecule is CC(C)CCNC(=O)CC1CCCN(c2cnn(C)c(=O)c2)C1. The zero-order valence-corrected chi connectivity index (χ0v) is 14.4. The number of rotatable bonds is 6. The number of amides is 1. The van der Waals surface area contributed by atoms with E-state index in [-0.39, 0.29) is 11.5 Å². The third kappa shape index (κ3) is 5.37. The summed E-state index contributed by atoms with van der Waals surface area (Å²) in [6, 6.07) is 1.62. The van der Waals surface area contributed by atoms with Gasteiger partial charge >= 0.3 is 0 Å². The fourth-order valence-corrected chi connectivity index (χ4v) is 2.93. The Bertz CT molecular complexity index is 582. The maximum absolute atomic E-state index is 12.0. The Morgan fingerprint density at radius 1 is 1.48 bits per heavy atom. The molecule has 0 bridgehead atoms. The second-order valence-electron chi connectivity index (χ2n) is 6.87. The molecule has 1 aliphatic heterocycles. The van der Waals surface area contributed by atoms with Gasteiger partial charge in [-0.2, -0.15) is 5.10 Å². The summed E-state index contributed by atoms with van der Waals surface area (Å²) >= 11 is 0. The second-order valence-corrected chi connectivity index (χ2v) is 6.87. The first-order chi connectivity index (χ1) is 11.0. The van der Waals surface area contributed by atoms with Crippen LogP contribution in [-0.4, -0.2) is 35.3 Å². The lowest BCUT2D eigenvalue weighted by Gasteiger charge is -2.33. The van der Waals surface area contributed by atoms with Crippen molar-refractivity contribution in [1.82, 2.24) is 15.1 Å². The highest BCUT2D eigenvalue weighted by Crippen LogP contribution is 2.23. The highest BCUT2D eigenvalue weighted by molar-refractivity contribution is 5.76. The molecule has 1 amide bonds. The fourth-order valence-electron chi connectivity index (χ4n) is 2.93. The molecule has 1 N–H and O–H groups in total. The first-order valence-electron chi connectivity index (χ1n) is 8.50. The van der Waals surface area contributed by atoms with Gasteiger partial charge < -0.3 is 10.2 Å². The van der Waals surface area contributed by atoms with Crippen molar-refractivity contribution in [3.63, 3.8) is 0 Å². The minimum Gasteiger partial charge on any atom is -0.370 e. The molecule has 1 aromatic heterocycles.